The van der Waals surface area contributed by atoms with Crippen LogP contribution in [0, 0.1) is 6.92 Å². The number of hydrogen-bond donors (Lipinski definition) is 4. The first-order valence-electron chi connectivity index (χ1n) is 6.47. The molecule has 0 aliphatic heterocycles. The van der Waals surface area contributed by atoms with E-state index in [0.717, 1.165) is 22.0 Å². The molecule has 3 rings (SSSR count). The van der Waals surface area contributed by atoms with Crippen LogP contribution in [0.25, 0.3) is 22.0 Å². The van der Waals surface area contributed by atoms with E-state index < -0.39 is 5.97 Å². The van der Waals surface area contributed by atoms with Crippen LogP contribution in [0.15, 0.2) is 42.5 Å². The summed E-state index contributed by atoms with van der Waals surface area (Å²) >= 11 is 0. The Morgan fingerprint density at radius 3 is 2.67 bits per heavy atom. The lowest BCUT2D eigenvalue weighted by atomic mass is 10.0. The number of rotatable bonds is 3. The maximum Gasteiger partial charge on any atom is 0.352 e. The van der Waals surface area contributed by atoms with Gasteiger partial charge in [-0.05, 0) is 30.2 Å². The molecule has 0 amide bonds. The zero-order chi connectivity index (χ0) is 15.0. The Bertz CT molecular complexity index is 837. The average Bonchev–Trinajstić information content (AvgIpc) is 2.88. The number of aromatic nitrogens is 1. The zero-order valence-corrected chi connectivity index (χ0v) is 11.3. The molecule has 4 N–H and O–H groups in total. The van der Waals surface area contributed by atoms with Crippen molar-refractivity contribution in [1.29, 1.82) is 0 Å². The quantitative estimate of drug-likeness (QED) is 0.552. The van der Waals surface area contributed by atoms with Gasteiger partial charge in [0, 0.05) is 16.5 Å². The number of H-pyrrole nitrogens is 1. The minimum atomic E-state index is -1.01. The Labute approximate surface area is 120 Å². The van der Waals surface area contributed by atoms with E-state index in [1.165, 1.54) is 0 Å². The third-order valence-corrected chi connectivity index (χ3v) is 3.54. The van der Waals surface area contributed by atoms with Gasteiger partial charge in [-0.15, -0.1) is 0 Å². The lowest BCUT2D eigenvalue weighted by Gasteiger charge is -2.05. The van der Waals surface area contributed by atoms with Gasteiger partial charge in [-0.25, -0.2) is 4.79 Å². The summed E-state index contributed by atoms with van der Waals surface area (Å²) in [7, 11) is 0. The van der Waals surface area contributed by atoms with Crippen molar-refractivity contribution in [1.82, 2.24) is 4.98 Å². The molecule has 0 radical (unpaired) electrons. The summed E-state index contributed by atoms with van der Waals surface area (Å²) in [6.07, 6.45) is 0. The van der Waals surface area contributed by atoms with E-state index >= 15 is 0 Å². The number of aromatic carboxylic acids is 1. The Morgan fingerprint density at radius 2 is 1.95 bits per heavy atom. The van der Waals surface area contributed by atoms with Crippen LogP contribution in [-0.2, 0) is 0 Å². The average molecular weight is 282 g/mol. The molecule has 0 fully saturated rings. The second kappa shape index (κ2) is 4.96. The molecule has 1 aromatic heterocycles. The Hall–Kier alpha value is -2.79. The van der Waals surface area contributed by atoms with Crippen LogP contribution in [0.3, 0.4) is 0 Å². The molecule has 5 heteroatoms. The van der Waals surface area contributed by atoms with Gasteiger partial charge in [-0.2, -0.15) is 0 Å². The van der Waals surface area contributed by atoms with Crippen molar-refractivity contribution in [2.75, 3.05) is 5.48 Å². The fourth-order valence-corrected chi connectivity index (χ4v) is 2.57. The summed E-state index contributed by atoms with van der Waals surface area (Å²) < 4.78 is 0. The summed E-state index contributed by atoms with van der Waals surface area (Å²) in [5.74, 6) is -1.01. The van der Waals surface area contributed by atoms with Gasteiger partial charge in [0.15, 0.2) is 0 Å². The van der Waals surface area contributed by atoms with Crippen molar-refractivity contribution in [2.45, 2.75) is 6.92 Å². The largest absolute Gasteiger partial charge is 0.477 e. The first-order valence-corrected chi connectivity index (χ1v) is 6.47. The number of fused-ring (bicyclic) bond motifs is 1. The maximum atomic E-state index is 11.5. The highest BCUT2D eigenvalue weighted by Gasteiger charge is 2.19. The molecule has 0 aliphatic rings. The van der Waals surface area contributed by atoms with E-state index in [9.17, 15) is 9.90 Å². The SMILES string of the molecule is Cc1cccc2c(-c3cccc(NO)c3)c(C(=O)O)[nH]c12. The van der Waals surface area contributed by atoms with Crippen molar-refractivity contribution in [3.05, 3.63) is 53.7 Å². The van der Waals surface area contributed by atoms with Crippen LogP contribution in [0.1, 0.15) is 16.1 Å². The van der Waals surface area contributed by atoms with Gasteiger partial charge >= 0.3 is 5.97 Å². The van der Waals surface area contributed by atoms with Gasteiger partial charge in [0.2, 0.25) is 0 Å². The van der Waals surface area contributed by atoms with E-state index in [2.05, 4.69) is 10.5 Å². The molecule has 0 saturated heterocycles. The highest BCUT2D eigenvalue weighted by molar-refractivity contribution is 6.08. The number of carbonyl (C=O) groups is 1. The van der Waals surface area contributed by atoms with E-state index in [1.807, 2.05) is 31.2 Å². The number of carboxylic acids is 1. The predicted molar refractivity (Wildman–Crippen MR) is 80.8 cm³/mol. The molecular formula is C16H14N2O3. The van der Waals surface area contributed by atoms with Crippen LogP contribution in [0.5, 0.6) is 0 Å². The second-order valence-electron chi connectivity index (χ2n) is 4.87. The van der Waals surface area contributed by atoms with Crippen LogP contribution in [0.4, 0.5) is 5.69 Å². The normalized spacial score (nSPS) is 10.8. The Balaban J connectivity index is 2.36. The molecule has 21 heavy (non-hydrogen) atoms. The topological polar surface area (TPSA) is 85.3 Å². The predicted octanol–water partition coefficient (Wildman–Crippen LogP) is 3.64. The molecule has 0 unspecified atom stereocenters. The number of carboxylic acid groups (broad SMARTS) is 1. The van der Waals surface area contributed by atoms with Gasteiger partial charge in [0.05, 0.1) is 5.69 Å². The van der Waals surface area contributed by atoms with Crippen molar-refractivity contribution in [3.8, 4) is 11.1 Å². The number of para-hydroxylation sites is 1. The number of aromatic amines is 1. The maximum absolute atomic E-state index is 11.5. The molecule has 0 bridgehead atoms. The van der Waals surface area contributed by atoms with Crippen molar-refractivity contribution in [3.63, 3.8) is 0 Å². The summed E-state index contributed by atoms with van der Waals surface area (Å²) in [5.41, 5.74) is 5.88. The number of benzene rings is 2. The Kier molecular flexibility index (Phi) is 3.12. The number of hydrogen-bond acceptors (Lipinski definition) is 3. The zero-order valence-electron chi connectivity index (χ0n) is 11.3. The molecule has 0 saturated carbocycles. The molecule has 1 heterocycles. The number of aryl methyl sites for hydroxylation is 1. The number of nitrogens with one attached hydrogen (secondary N) is 2. The van der Waals surface area contributed by atoms with Crippen molar-refractivity contribution < 1.29 is 15.1 Å². The highest BCUT2D eigenvalue weighted by atomic mass is 16.5. The van der Waals surface area contributed by atoms with E-state index in [0.29, 0.717) is 11.3 Å². The fraction of sp³-hybridized carbons (Fsp3) is 0.0625. The molecule has 2 aromatic carbocycles. The summed E-state index contributed by atoms with van der Waals surface area (Å²) in [6.45, 7) is 1.93. The first-order chi connectivity index (χ1) is 10.1. The molecule has 0 atom stereocenters. The van der Waals surface area contributed by atoms with Gasteiger partial charge in [0.25, 0.3) is 0 Å². The summed E-state index contributed by atoms with van der Waals surface area (Å²) in [5, 5.41) is 19.3. The van der Waals surface area contributed by atoms with E-state index in [-0.39, 0.29) is 5.69 Å². The van der Waals surface area contributed by atoms with E-state index in [4.69, 9.17) is 5.21 Å². The molecule has 3 aromatic rings. The van der Waals surface area contributed by atoms with Crippen LogP contribution in [-0.4, -0.2) is 21.3 Å². The Morgan fingerprint density at radius 1 is 1.19 bits per heavy atom. The standard InChI is InChI=1S/C16H14N2O3/c1-9-4-2-7-12-13(15(16(19)20)17-14(9)12)10-5-3-6-11(8-10)18-21/h2-8,17-18,21H,1H3,(H,19,20). The molecule has 5 nitrogen and oxygen atoms in total. The molecule has 106 valence electrons. The van der Waals surface area contributed by atoms with Gasteiger partial charge in [-0.3, -0.25) is 10.7 Å². The first kappa shape index (κ1) is 13.2. The van der Waals surface area contributed by atoms with Gasteiger partial charge < -0.3 is 10.1 Å². The summed E-state index contributed by atoms with van der Waals surface area (Å²) in [6, 6.07) is 12.7. The third kappa shape index (κ3) is 2.13. The fourth-order valence-electron chi connectivity index (χ4n) is 2.57. The highest BCUT2D eigenvalue weighted by Crippen LogP contribution is 2.34. The summed E-state index contributed by atoms with van der Waals surface area (Å²) in [4.78, 5) is 14.5. The molecular weight excluding hydrogens is 268 g/mol. The third-order valence-electron chi connectivity index (χ3n) is 3.54. The van der Waals surface area contributed by atoms with Crippen LogP contribution >= 0.6 is 0 Å². The monoisotopic (exact) mass is 282 g/mol. The van der Waals surface area contributed by atoms with Crippen molar-refractivity contribution in [2.24, 2.45) is 0 Å². The van der Waals surface area contributed by atoms with Crippen LogP contribution in [0.2, 0.25) is 0 Å². The minimum Gasteiger partial charge on any atom is -0.477 e. The molecule has 0 aliphatic carbocycles. The minimum absolute atomic E-state index is 0.148. The van der Waals surface area contributed by atoms with Gasteiger partial charge in [-0.1, -0.05) is 30.3 Å². The molecule has 0 spiro atoms. The lowest BCUT2D eigenvalue weighted by molar-refractivity contribution is 0.0692. The lowest BCUT2D eigenvalue weighted by Crippen LogP contribution is -1.99. The second-order valence-corrected chi connectivity index (χ2v) is 4.87. The smallest absolute Gasteiger partial charge is 0.352 e. The van der Waals surface area contributed by atoms with Crippen molar-refractivity contribution >= 4 is 22.6 Å². The number of anilines is 1. The van der Waals surface area contributed by atoms with Crippen LogP contribution < -0.4 is 5.48 Å². The van der Waals surface area contributed by atoms with Gasteiger partial charge in [0.1, 0.15) is 5.69 Å². The van der Waals surface area contributed by atoms with E-state index in [1.54, 1.807) is 18.2 Å².